The van der Waals surface area contributed by atoms with E-state index < -0.39 is 21.6 Å². The fraction of sp³-hybridized carbons (Fsp3) is 0.333. The van der Waals surface area contributed by atoms with Crippen LogP contribution in [0.25, 0.3) is 16.6 Å². The lowest BCUT2D eigenvalue weighted by atomic mass is 10.2. The molecule has 4 rings (SSSR count). The molecule has 1 saturated heterocycles. The van der Waals surface area contributed by atoms with Crippen LogP contribution in [-0.2, 0) is 10.0 Å². The number of halogens is 1. The fourth-order valence-electron chi connectivity index (χ4n) is 3.33. The van der Waals surface area contributed by atoms with Crippen LogP contribution in [-0.4, -0.2) is 65.0 Å². The molecule has 0 bridgehead atoms. The number of aryl methyl sites for hydroxylation is 1. The van der Waals surface area contributed by atoms with Gasteiger partial charge in [0.2, 0.25) is 10.0 Å². The van der Waals surface area contributed by atoms with Crippen molar-refractivity contribution in [2.24, 2.45) is 0 Å². The molecule has 0 atom stereocenters. The minimum absolute atomic E-state index is 0.331. The average Bonchev–Trinajstić information content (AvgIpc) is 3.08. The molecular weight excluding hydrogens is 385 g/mol. The highest BCUT2D eigenvalue weighted by Gasteiger charge is 2.24. The van der Waals surface area contributed by atoms with Crippen LogP contribution in [0.5, 0.6) is 5.75 Å². The third-order valence-electron chi connectivity index (χ3n) is 4.89. The Balaban J connectivity index is 1.61. The first-order valence-electron chi connectivity index (χ1n) is 8.77. The molecule has 10 heteroatoms. The summed E-state index contributed by atoms with van der Waals surface area (Å²) in [5.74, 6) is -0.312. The predicted octanol–water partition coefficient (Wildman–Crippen LogP) is 1.66. The molecule has 1 aliphatic heterocycles. The van der Waals surface area contributed by atoms with E-state index in [1.807, 2.05) is 11.0 Å². The second-order valence-electron chi connectivity index (χ2n) is 6.92. The molecule has 0 amide bonds. The Labute approximate surface area is 161 Å². The van der Waals surface area contributed by atoms with E-state index in [2.05, 4.69) is 10.1 Å². The number of phenolic OH excluding ortho intramolecular Hbond substituents is 1. The summed E-state index contributed by atoms with van der Waals surface area (Å²) in [7, 11) is -3.18. The Bertz CT molecular complexity index is 1130. The Hall–Kier alpha value is -2.72. The molecule has 0 radical (unpaired) electrons. The smallest absolute Gasteiger partial charge is 0.211 e. The number of hydrogen-bond donors (Lipinski definition) is 1. The van der Waals surface area contributed by atoms with Gasteiger partial charge in [0.15, 0.2) is 11.6 Å². The van der Waals surface area contributed by atoms with Gasteiger partial charge in [-0.3, -0.25) is 0 Å². The molecule has 1 N–H and O–H groups in total. The molecule has 3 aromatic rings. The van der Waals surface area contributed by atoms with Crippen molar-refractivity contribution in [2.45, 2.75) is 6.92 Å². The highest BCUT2D eigenvalue weighted by Crippen LogP contribution is 2.26. The van der Waals surface area contributed by atoms with Gasteiger partial charge in [0, 0.05) is 43.8 Å². The zero-order chi connectivity index (χ0) is 20.1. The summed E-state index contributed by atoms with van der Waals surface area (Å²) in [6, 6.07) is 4.83. The largest absolute Gasteiger partial charge is 0.505 e. The fourth-order valence-corrected chi connectivity index (χ4v) is 4.16. The van der Waals surface area contributed by atoms with E-state index >= 15 is 0 Å². The van der Waals surface area contributed by atoms with Crippen LogP contribution >= 0.6 is 0 Å². The second-order valence-corrected chi connectivity index (χ2v) is 8.90. The van der Waals surface area contributed by atoms with Gasteiger partial charge >= 0.3 is 0 Å². The van der Waals surface area contributed by atoms with Gasteiger partial charge in [-0.05, 0) is 24.6 Å². The SMILES string of the molecule is Cc1cc(-n2cc3cc(N4CCN(S(C)(=O)=O)CC4)ncc3n2)cc(O)c1F. The number of piperazine rings is 1. The number of fused-ring (bicyclic) bond motifs is 1. The molecule has 148 valence electrons. The maximum atomic E-state index is 13.7. The molecule has 1 aromatic carbocycles. The van der Waals surface area contributed by atoms with Crippen molar-refractivity contribution < 1.29 is 17.9 Å². The number of aromatic nitrogens is 3. The molecule has 0 saturated carbocycles. The highest BCUT2D eigenvalue weighted by molar-refractivity contribution is 7.88. The van der Waals surface area contributed by atoms with Gasteiger partial charge in [0.25, 0.3) is 0 Å². The van der Waals surface area contributed by atoms with E-state index in [1.54, 1.807) is 30.1 Å². The van der Waals surface area contributed by atoms with Gasteiger partial charge in [0.1, 0.15) is 11.3 Å². The molecule has 0 spiro atoms. The lowest BCUT2D eigenvalue weighted by Gasteiger charge is -2.33. The van der Waals surface area contributed by atoms with Crippen molar-refractivity contribution >= 4 is 26.7 Å². The van der Waals surface area contributed by atoms with E-state index in [4.69, 9.17) is 0 Å². The van der Waals surface area contributed by atoms with Gasteiger partial charge in [-0.25, -0.2) is 22.5 Å². The van der Waals surface area contributed by atoms with E-state index in [1.165, 1.54) is 16.6 Å². The topological polar surface area (TPSA) is 91.6 Å². The number of nitrogens with zero attached hydrogens (tertiary/aromatic N) is 5. The quantitative estimate of drug-likeness (QED) is 0.713. The first-order valence-corrected chi connectivity index (χ1v) is 10.6. The molecule has 1 fully saturated rings. The number of hydrogen-bond acceptors (Lipinski definition) is 6. The number of anilines is 1. The van der Waals surface area contributed by atoms with Crippen LogP contribution in [0.2, 0.25) is 0 Å². The van der Waals surface area contributed by atoms with Crippen LogP contribution in [0.4, 0.5) is 10.2 Å². The summed E-state index contributed by atoms with van der Waals surface area (Å²) in [4.78, 5) is 6.48. The number of rotatable bonds is 3. The molecular formula is C18H20FN5O3S. The van der Waals surface area contributed by atoms with E-state index in [9.17, 15) is 17.9 Å². The van der Waals surface area contributed by atoms with Gasteiger partial charge in [-0.2, -0.15) is 9.40 Å². The molecule has 0 unspecified atom stereocenters. The van der Waals surface area contributed by atoms with Crippen LogP contribution in [0.3, 0.4) is 0 Å². The monoisotopic (exact) mass is 405 g/mol. The highest BCUT2D eigenvalue weighted by atomic mass is 32.2. The number of benzene rings is 1. The van der Waals surface area contributed by atoms with Crippen molar-refractivity contribution in [3.63, 3.8) is 0 Å². The minimum atomic E-state index is -3.18. The Morgan fingerprint density at radius 1 is 1.14 bits per heavy atom. The molecule has 8 nitrogen and oxygen atoms in total. The van der Waals surface area contributed by atoms with E-state index in [-0.39, 0.29) is 0 Å². The van der Waals surface area contributed by atoms with Crippen LogP contribution in [0, 0.1) is 12.7 Å². The number of phenols is 1. The van der Waals surface area contributed by atoms with Crippen LogP contribution in [0.15, 0.2) is 30.6 Å². The van der Waals surface area contributed by atoms with Crippen molar-refractivity contribution in [3.05, 3.63) is 42.0 Å². The maximum absolute atomic E-state index is 13.7. The van der Waals surface area contributed by atoms with Crippen molar-refractivity contribution in [1.29, 1.82) is 0 Å². The standard InChI is InChI=1S/C18H20FN5O3S/c1-12-7-14(9-16(25)18(12)19)24-11-13-8-17(20-10-15(13)21-24)22-3-5-23(6-4-22)28(2,26)27/h7-11,25H,3-6H2,1-2H3. The molecule has 28 heavy (non-hydrogen) atoms. The van der Waals surface area contributed by atoms with Crippen LogP contribution < -0.4 is 4.90 Å². The predicted molar refractivity (Wildman–Crippen MR) is 104 cm³/mol. The summed E-state index contributed by atoms with van der Waals surface area (Å²) in [5, 5.41) is 15.0. The number of pyridine rings is 1. The van der Waals surface area contributed by atoms with E-state index in [0.29, 0.717) is 42.9 Å². The third kappa shape index (κ3) is 3.40. The summed E-state index contributed by atoms with van der Waals surface area (Å²) < 4.78 is 40.0. The zero-order valence-corrected chi connectivity index (χ0v) is 16.3. The first kappa shape index (κ1) is 18.6. The molecule has 3 heterocycles. The summed E-state index contributed by atoms with van der Waals surface area (Å²) in [5.41, 5.74) is 1.55. The Kier molecular flexibility index (Phi) is 4.47. The molecule has 0 aliphatic carbocycles. The van der Waals surface area contributed by atoms with Gasteiger partial charge in [-0.15, -0.1) is 0 Å². The van der Waals surface area contributed by atoms with Crippen LogP contribution in [0.1, 0.15) is 5.56 Å². The summed E-state index contributed by atoms with van der Waals surface area (Å²) in [6.45, 7) is 3.55. The Morgan fingerprint density at radius 3 is 2.50 bits per heavy atom. The Morgan fingerprint density at radius 2 is 1.86 bits per heavy atom. The average molecular weight is 405 g/mol. The van der Waals surface area contributed by atoms with Gasteiger partial charge < -0.3 is 10.0 Å². The number of sulfonamides is 1. The van der Waals surface area contributed by atoms with Gasteiger partial charge in [0.05, 0.1) is 18.1 Å². The van der Waals surface area contributed by atoms with Crippen molar-refractivity contribution in [1.82, 2.24) is 19.1 Å². The normalized spacial score (nSPS) is 16.0. The molecule has 1 aliphatic rings. The third-order valence-corrected chi connectivity index (χ3v) is 6.20. The van der Waals surface area contributed by atoms with Gasteiger partial charge in [-0.1, -0.05) is 0 Å². The maximum Gasteiger partial charge on any atom is 0.211 e. The van der Waals surface area contributed by atoms with Crippen molar-refractivity contribution in [3.8, 4) is 11.4 Å². The summed E-state index contributed by atoms with van der Waals surface area (Å²) in [6.07, 6.45) is 4.66. The minimum Gasteiger partial charge on any atom is -0.505 e. The second kappa shape index (κ2) is 6.71. The van der Waals surface area contributed by atoms with E-state index in [0.717, 1.165) is 11.2 Å². The molecule has 2 aromatic heterocycles. The lowest BCUT2D eigenvalue weighted by molar-refractivity contribution is 0.387. The number of aromatic hydroxyl groups is 1. The zero-order valence-electron chi connectivity index (χ0n) is 15.5. The summed E-state index contributed by atoms with van der Waals surface area (Å²) >= 11 is 0. The lowest BCUT2D eigenvalue weighted by Crippen LogP contribution is -2.48. The first-order chi connectivity index (χ1) is 13.2. The van der Waals surface area contributed by atoms with Crippen molar-refractivity contribution in [2.75, 3.05) is 37.3 Å².